The van der Waals surface area contributed by atoms with E-state index in [2.05, 4.69) is 57.3 Å². The fraction of sp³-hybridized carbons (Fsp3) is 0.412. The van der Waals surface area contributed by atoms with E-state index in [0.29, 0.717) is 29.4 Å². The average Bonchev–Trinajstić information content (AvgIpc) is 2.95. The number of halogens is 3. The van der Waals surface area contributed by atoms with Crippen LogP contribution in [0.3, 0.4) is 0 Å². The molecule has 0 aliphatic rings. The van der Waals surface area contributed by atoms with Gasteiger partial charge < -0.3 is 15.1 Å². The van der Waals surface area contributed by atoms with Crippen molar-refractivity contribution >= 4 is 45.9 Å². The fourth-order valence-corrected chi connectivity index (χ4v) is 2.53. The van der Waals surface area contributed by atoms with Crippen LogP contribution in [0.4, 0.5) is 4.39 Å². The van der Waals surface area contributed by atoms with Gasteiger partial charge in [-0.3, -0.25) is 4.99 Å². The molecule has 5 nitrogen and oxygen atoms in total. The van der Waals surface area contributed by atoms with Gasteiger partial charge in [0, 0.05) is 23.5 Å². The van der Waals surface area contributed by atoms with Crippen LogP contribution in [0.1, 0.15) is 38.0 Å². The smallest absolute Gasteiger partial charge is 0.213 e. The minimum Gasteiger partial charge on any atom is -0.443 e. The third-order valence-corrected chi connectivity index (χ3v) is 3.76. The molecule has 0 saturated heterocycles. The van der Waals surface area contributed by atoms with E-state index in [1.165, 1.54) is 12.1 Å². The van der Waals surface area contributed by atoms with E-state index in [-0.39, 0.29) is 35.2 Å². The maximum absolute atomic E-state index is 13.4. The molecule has 0 aliphatic carbocycles. The number of benzene rings is 1. The van der Waals surface area contributed by atoms with Gasteiger partial charge in [-0.25, -0.2) is 9.37 Å². The molecule has 8 heteroatoms. The minimum atomic E-state index is -0.279. The van der Waals surface area contributed by atoms with Crippen LogP contribution in [0.5, 0.6) is 0 Å². The van der Waals surface area contributed by atoms with Crippen LogP contribution in [0, 0.1) is 5.82 Å². The molecule has 0 atom stereocenters. The maximum Gasteiger partial charge on any atom is 0.213 e. The Balaban J connectivity index is 0.00000312. The van der Waals surface area contributed by atoms with E-state index < -0.39 is 0 Å². The van der Waals surface area contributed by atoms with Gasteiger partial charge in [0.2, 0.25) is 5.89 Å². The number of aromatic nitrogens is 1. The number of aliphatic imine (C=N–C) groups is 1. The van der Waals surface area contributed by atoms with Crippen molar-refractivity contribution in [3.05, 3.63) is 51.9 Å². The number of guanidine groups is 1. The number of rotatable bonds is 4. The molecule has 138 valence electrons. The lowest BCUT2D eigenvalue weighted by Crippen LogP contribution is -2.36. The second kappa shape index (κ2) is 9.51. The first-order valence-electron chi connectivity index (χ1n) is 7.62. The van der Waals surface area contributed by atoms with Crippen molar-refractivity contribution in [1.82, 2.24) is 15.6 Å². The first-order valence-corrected chi connectivity index (χ1v) is 8.42. The van der Waals surface area contributed by atoms with Crippen molar-refractivity contribution in [1.29, 1.82) is 0 Å². The highest BCUT2D eigenvalue weighted by molar-refractivity contribution is 14.0. The zero-order valence-corrected chi connectivity index (χ0v) is 18.6. The predicted octanol–water partition coefficient (Wildman–Crippen LogP) is 4.36. The summed E-state index contributed by atoms with van der Waals surface area (Å²) >= 11 is 3.28. The van der Waals surface area contributed by atoms with Gasteiger partial charge in [0.05, 0.1) is 12.7 Å². The summed E-state index contributed by atoms with van der Waals surface area (Å²) in [6, 6.07) is 4.76. The summed E-state index contributed by atoms with van der Waals surface area (Å²) in [5.41, 5.74) is 0.742. The van der Waals surface area contributed by atoms with E-state index in [4.69, 9.17) is 4.42 Å². The molecule has 2 aromatic rings. The molecule has 0 aliphatic heterocycles. The normalized spacial score (nSPS) is 11.8. The largest absolute Gasteiger partial charge is 0.443 e. The number of nitrogens with zero attached hydrogens (tertiary/aromatic N) is 2. The van der Waals surface area contributed by atoms with Gasteiger partial charge in [0.1, 0.15) is 11.6 Å². The standard InChI is InChI=1S/C17H22BrFN4O.HI/c1-17(2,3)14-9-21-15(24-14)10-23-16(20-4)22-8-11-5-12(18)7-13(19)6-11;/h5-7,9H,8,10H2,1-4H3,(H2,20,22,23);1H. The van der Waals surface area contributed by atoms with Gasteiger partial charge >= 0.3 is 0 Å². The Labute approximate surface area is 173 Å². The van der Waals surface area contributed by atoms with Gasteiger partial charge in [-0.2, -0.15) is 0 Å². The van der Waals surface area contributed by atoms with Gasteiger partial charge in [0.25, 0.3) is 0 Å². The number of oxazole rings is 1. The Bertz CT molecular complexity index is 707. The Morgan fingerprint density at radius 3 is 2.48 bits per heavy atom. The molecule has 0 spiro atoms. The zero-order valence-electron chi connectivity index (χ0n) is 14.7. The minimum absolute atomic E-state index is 0. The van der Waals surface area contributed by atoms with E-state index >= 15 is 0 Å². The lowest BCUT2D eigenvalue weighted by atomic mass is 9.94. The Morgan fingerprint density at radius 2 is 1.92 bits per heavy atom. The summed E-state index contributed by atoms with van der Waals surface area (Å²) in [6.45, 7) is 7.09. The van der Waals surface area contributed by atoms with E-state index in [9.17, 15) is 4.39 Å². The quantitative estimate of drug-likeness (QED) is 0.354. The summed E-state index contributed by atoms with van der Waals surface area (Å²) < 4.78 is 19.8. The second-order valence-corrected chi connectivity index (χ2v) is 7.34. The molecular weight excluding hydrogens is 502 g/mol. The first-order chi connectivity index (χ1) is 11.3. The SMILES string of the molecule is CN=C(NCc1cc(F)cc(Br)c1)NCc1ncc(C(C)(C)C)o1.I. The summed E-state index contributed by atoms with van der Waals surface area (Å²) in [4.78, 5) is 8.40. The highest BCUT2D eigenvalue weighted by atomic mass is 127. The lowest BCUT2D eigenvalue weighted by Gasteiger charge is -2.13. The maximum atomic E-state index is 13.4. The summed E-state index contributed by atoms with van der Waals surface area (Å²) in [5, 5.41) is 6.26. The molecule has 0 unspecified atom stereocenters. The topological polar surface area (TPSA) is 62.5 Å². The van der Waals surface area contributed by atoms with E-state index in [1.54, 1.807) is 13.2 Å². The first kappa shape index (κ1) is 21.9. The van der Waals surface area contributed by atoms with Crippen LogP contribution in [0.2, 0.25) is 0 Å². The molecule has 0 fully saturated rings. The molecule has 0 bridgehead atoms. The van der Waals surface area contributed by atoms with Gasteiger partial charge in [0.15, 0.2) is 5.96 Å². The number of hydrogen-bond donors (Lipinski definition) is 2. The molecule has 0 radical (unpaired) electrons. The van der Waals surface area contributed by atoms with Crippen LogP contribution >= 0.6 is 39.9 Å². The molecule has 1 heterocycles. The van der Waals surface area contributed by atoms with Crippen molar-refractivity contribution in [2.75, 3.05) is 7.05 Å². The molecule has 1 aromatic heterocycles. The fourth-order valence-electron chi connectivity index (χ4n) is 2.02. The molecule has 1 aromatic carbocycles. The van der Waals surface area contributed by atoms with Crippen molar-refractivity contribution in [2.24, 2.45) is 4.99 Å². The van der Waals surface area contributed by atoms with Gasteiger partial charge in [-0.15, -0.1) is 24.0 Å². The van der Waals surface area contributed by atoms with Crippen LogP contribution in [-0.2, 0) is 18.5 Å². The molecular formula is C17H23BrFIN4O. The monoisotopic (exact) mass is 524 g/mol. The molecule has 2 rings (SSSR count). The highest BCUT2D eigenvalue weighted by Crippen LogP contribution is 2.22. The second-order valence-electron chi connectivity index (χ2n) is 6.43. The lowest BCUT2D eigenvalue weighted by molar-refractivity contribution is 0.379. The van der Waals surface area contributed by atoms with Crippen molar-refractivity contribution in [3.8, 4) is 0 Å². The summed E-state index contributed by atoms with van der Waals surface area (Å²) in [5.74, 6) is 1.74. The number of nitrogens with one attached hydrogen (secondary N) is 2. The van der Waals surface area contributed by atoms with Crippen molar-refractivity contribution < 1.29 is 8.81 Å². The van der Waals surface area contributed by atoms with Crippen LogP contribution < -0.4 is 10.6 Å². The third kappa shape index (κ3) is 6.93. The van der Waals surface area contributed by atoms with Crippen molar-refractivity contribution in [3.63, 3.8) is 0 Å². The summed E-state index contributed by atoms with van der Waals surface area (Å²) in [7, 11) is 1.67. The zero-order chi connectivity index (χ0) is 17.7. The van der Waals surface area contributed by atoms with Crippen molar-refractivity contribution in [2.45, 2.75) is 39.3 Å². The Hall–Kier alpha value is -1.16. The molecule has 25 heavy (non-hydrogen) atoms. The van der Waals surface area contributed by atoms with Gasteiger partial charge in [-0.05, 0) is 23.8 Å². The molecule has 0 amide bonds. The third-order valence-electron chi connectivity index (χ3n) is 3.31. The molecule has 0 saturated carbocycles. The van der Waals surface area contributed by atoms with Crippen LogP contribution in [0.25, 0.3) is 0 Å². The van der Waals surface area contributed by atoms with Gasteiger partial charge in [-0.1, -0.05) is 36.7 Å². The average molecular weight is 525 g/mol. The Morgan fingerprint density at radius 1 is 1.24 bits per heavy atom. The van der Waals surface area contributed by atoms with E-state index in [0.717, 1.165) is 11.3 Å². The predicted molar refractivity (Wildman–Crippen MR) is 112 cm³/mol. The number of hydrogen-bond acceptors (Lipinski definition) is 3. The Kier molecular flexibility index (Phi) is 8.33. The summed E-state index contributed by atoms with van der Waals surface area (Å²) in [6.07, 6.45) is 1.75. The van der Waals surface area contributed by atoms with Crippen LogP contribution in [-0.4, -0.2) is 18.0 Å². The molecule has 2 N–H and O–H groups in total. The highest BCUT2D eigenvalue weighted by Gasteiger charge is 2.19. The van der Waals surface area contributed by atoms with E-state index in [1.807, 2.05) is 6.07 Å². The van der Waals surface area contributed by atoms with Crippen LogP contribution in [0.15, 0.2) is 38.3 Å².